The van der Waals surface area contributed by atoms with Crippen LogP contribution in [0.1, 0.15) is 30.9 Å². The van der Waals surface area contributed by atoms with Gasteiger partial charge in [-0.2, -0.15) is 0 Å². The Morgan fingerprint density at radius 2 is 1.43 bits per heavy atom. The Bertz CT molecular complexity index is 764. The van der Waals surface area contributed by atoms with Crippen molar-refractivity contribution in [2.75, 3.05) is 44.2 Å². The van der Waals surface area contributed by atoms with Crippen LogP contribution in [0.2, 0.25) is 0 Å². The molecule has 28 heavy (non-hydrogen) atoms. The summed E-state index contributed by atoms with van der Waals surface area (Å²) in [7, 11) is 0. The molecule has 2 saturated heterocycles. The number of piperidine rings is 1. The number of amides is 1. The van der Waals surface area contributed by atoms with Crippen molar-refractivity contribution < 1.29 is 9.90 Å². The Morgan fingerprint density at radius 3 is 2.07 bits per heavy atom. The first-order valence-corrected chi connectivity index (χ1v) is 10.3. The molecule has 1 N–H and O–H groups in total. The average Bonchev–Trinajstić information content (AvgIpc) is 2.76. The molecule has 1 atom stereocenters. The molecule has 0 aromatic heterocycles. The number of hydrogen-bond acceptors (Lipinski definition) is 4. The van der Waals surface area contributed by atoms with Crippen LogP contribution in [-0.4, -0.2) is 60.1 Å². The van der Waals surface area contributed by atoms with Gasteiger partial charge in [0.15, 0.2) is 0 Å². The SMILES string of the molecule is O=C([C@H](c1ccccc1)N1CCN(c2ccc(O)cc2)CC1)N1CCCCC1. The highest BCUT2D eigenvalue weighted by Gasteiger charge is 2.33. The number of aromatic hydroxyl groups is 1. The fraction of sp³-hybridized carbons (Fsp3) is 0.435. The van der Waals surface area contributed by atoms with E-state index in [2.05, 4.69) is 26.8 Å². The van der Waals surface area contributed by atoms with Crippen molar-refractivity contribution in [3.05, 3.63) is 60.2 Å². The number of benzene rings is 2. The molecule has 148 valence electrons. The maximum atomic E-state index is 13.4. The Balaban J connectivity index is 1.49. The molecule has 2 aromatic rings. The number of carbonyl (C=O) groups excluding carboxylic acids is 1. The van der Waals surface area contributed by atoms with Crippen molar-refractivity contribution in [2.45, 2.75) is 25.3 Å². The minimum absolute atomic E-state index is 0.193. The molecular weight excluding hydrogens is 350 g/mol. The monoisotopic (exact) mass is 379 g/mol. The van der Waals surface area contributed by atoms with Crippen molar-refractivity contribution in [3.63, 3.8) is 0 Å². The fourth-order valence-corrected chi connectivity index (χ4v) is 4.33. The van der Waals surface area contributed by atoms with Crippen LogP contribution < -0.4 is 4.90 Å². The summed E-state index contributed by atoms with van der Waals surface area (Å²) in [6.07, 6.45) is 3.45. The molecule has 0 bridgehead atoms. The molecule has 0 unspecified atom stereocenters. The molecule has 2 aliphatic heterocycles. The third-order valence-electron chi connectivity index (χ3n) is 5.91. The average molecular weight is 380 g/mol. The van der Waals surface area contributed by atoms with Crippen LogP contribution in [0.25, 0.3) is 0 Å². The Hall–Kier alpha value is -2.53. The fourth-order valence-electron chi connectivity index (χ4n) is 4.33. The van der Waals surface area contributed by atoms with E-state index >= 15 is 0 Å². The summed E-state index contributed by atoms with van der Waals surface area (Å²) in [6.45, 7) is 5.22. The third kappa shape index (κ3) is 4.14. The highest BCUT2D eigenvalue weighted by Crippen LogP contribution is 2.28. The van der Waals surface area contributed by atoms with Gasteiger partial charge in [0.25, 0.3) is 0 Å². The van der Waals surface area contributed by atoms with E-state index in [-0.39, 0.29) is 11.9 Å². The number of phenols is 1. The number of carbonyl (C=O) groups is 1. The maximum Gasteiger partial charge on any atom is 0.244 e. The van der Waals surface area contributed by atoms with Gasteiger partial charge >= 0.3 is 0 Å². The number of piperazine rings is 1. The molecule has 2 aromatic carbocycles. The minimum atomic E-state index is -0.193. The molecule has 5 heteroatoms. The summed E-state index contributed by atoms with van der Waals surface area (Å²) in [5, 5.41) is 9.51. The van der Waals surface area contributed by atoms with Gasteiger partial charge < -0.3 is 14.9 Å². The molecule has 0 aliphatic carbocycles. The van der Waals surface area contributed by atoms with Gasteiger partial charge in [-0.1, -0.05) is 30.3 Å². The first kappa shape index (κ1) is 18.8. The van der Waals surface area contributed by atoms with E-state index in [1.54, 1.807) is 12.1 Å². The molecule has 2 fully saturated rings. The van der Waals surface area contributed by atoms with Crippen LogP contribution in [0.15, 0.2) is 54.6 Å². The summed E-state index contributed by atoms with van der Waals surface area (Å²) in [4.78, 5) is 20.2. The zero-order valence-corrected chi connectivity index (χ0v) is 16.3. The Labute approximate surface area is 167 Å². The zero-order valence-electron chi connectivity index (χ0n) is 16.3. The minimum Gasteiger partial charge on any atom is -0.508 e. The lowest BCUT2D eigenvalue weighted by Gasteiger charge is -2.41. The van der Waals surface area contributed by atoms with Crippen LogP contribution in [-0.2, 0) is 4.79 Å². The smallest absolute Gasteiger partial charge is 0.244 e. The second kappa shape index (κ2) is 8.65. The van der Waals surface area contributed by atoms with Crippen molar-refractivity contribution in [1.29, 1.82) is 0 Å². The van der Waals surface area contributed by atoms with Gasteiger partial charge in [0.2, 0.25) is 5.91 Å². The molecule has 0 radical (unpaired) electrons. The van der Waals surface area contributed by atoms with E-state index in [1.165, 1.54) is 6.42 Å². The third-order valence-corrected chi connectivity index (χ3v) is 5.91. The topological polar surface area (TPSA) is 47.0 Å². The van der Waals surface area contributed by atoms with Crippen molar-refractivity contribution >= 4 is 11.6 Å². The quantitative estimate of drug-likeness (QED) is 0.886. The normalized spacial score (nSPS) is 19.4. The molecule has 2 heterocycles. The van der Waals surface area contributed by atoms with Gasteiger partial charge in [-0.15, -0.1) is 0 Å². The number of nitrogens with zero attached hydrogens (tertiary/aromatic N) is 3. The predicted octanol–water partition coefficient (Wildman–Crippen LogP) is 3.27. The summed E-state index contributed by atoms with van der Waals surface area (Å²) in [6, 6.07) is 17.4. The second-order valence-electron chi connectivity index (χ2n) is 7.74. The highest BCUT2D eigenvalue weighted by molar-refractivity contribution is 5.83. The highest BCUT2D eigenvalue weighted by atomic mass is 16.3. The maximum absolute atomic E-state index is 13.4. The molecular formula is C23H29N3O2. The molecule has 1 amide bonds. The van der Waals surface area contributed by atoms with Crippen molar-refractivity contribution in [3.8, 4) is 5.75 Å². The second-order valence-corrected chi connectivity index (χ2v) is 7.74. The van der Waals surface area contributed by atoms with Gasteiger partial charge in [-0.05, 0) is 49.1 Å². The molecule has 2 aliphatic rings. The van der Waals surface area contributed by atoms with Gasteiger partial charge in [-0.25, -0.2) is 0 Å². The van der Waals surface area contributed by atoms with E-state index in [0.29, 0.717) is 5.75 Å². The lowest BCUT2D eigenvalue weighted by molar-refractivity contribution is -0.138. The number of phenolic OH excluding ortho intramolecular Hbond substituents is 1. The largest absolute Gasteiger partial charge is 0.508 e. The van der Waals surface area contributed by atoms with Crippen LogP contribution in [0, 0.1) is 0 Å². The van der Waals surface area contributed by atoms with Gasteiger partial charge in [0.05, 0.1) is 0 Å². The Morgan fingerprint density at radius 1 is 0.786 bits per heavy atom. The molecule has 0 spiro atoms. The lowest BCUT2D eigenvalue weighted by atomic mass is 10.0. The van der Waals surface area contributed by atoms with E-state index in [4.69, 9.17) is 0 Å². The lowest BCUT2D eigenvalue weighted by Crippen LogP contribution is -2.52. The van der Waals surface area contributed by atoms with Crippen molar-refractivity contribution in [1.82, 2.24) is 9.80 Å². The number of hydrogen-bond donors (Lipinski definition) is 1. The summed E-state index contributed by atoms with van der Waals surface area (Å²) in [5.74, 6) is 0.544. The number of rotatable bonds is 4. The van der Waals surface area contributed by atoms with Gasteiger partial charge in [0.1, 0.15) is 11.8 Å². The van der Waals surface area contributed by atoms with Gasteiger partial charge in [-0.3, -0.25) is 9.69 Å². The molecule has 5 nitrogen and oxygen atoms in total. The number of likely N-dealkylation sites (tertiary alicyclic amines) is 1. The van der Waals surface area contributed by atoms with E-state index in [0.717, 1.165) is 63.4 Å². The summed E-state index contributed by atoms with van der Waals surface area (Å²) in [5.41, 5.74) is 2.22. The molecule has 4 rings (SSSR count). The molecule has 0 saturated carbocycles. The summed E-state index contributed by atoms with van der Waals surface area (Å²) >= 11 is 0. The number of anilines is 1. The summed E-state index contributed by atoms with van der Waals surface area (Å²) < 4.78 is 0. The van der Waals surface area contributed by atoms with Gasteiger partial charge in [0, 0.05) is 45.0 Å². The van der Waals surface area contributed by atoms with Crippen molar-refractivity contribution in [2.24, 2.45) is 0 Å². The predicted molar refractivity (Wildman–Crippen MR) is 112 cm³/mol. The van der Waals surface area contributed by atoms with Crippen LogP contribution in [0.5, 0.6) is 5.75 Å². The first-order valence-electron chi connectivity index (χ1n) is 10.3. The van der Waals surface area contributed by atoms with Crippen LogP contribution >= 0.6 is 0 Å². The van der Waals surface area contributed by atoms with E-state index in [1.807, 2.05) is 30.3 Å². The van der Waals surface area contributed by atoms with Crippen LogP contribution in [0.4, 0.5) is 5.69 Å². The van der Waals surface area contributed by atoms with Crippen LogP contribution in [0.3, 0.4) is 0 Å². The van der Waals surface area contributed by atoms with E-state index < -0.39 is 0 Å². The standard InChI is InChI=1S/C23H29N3O2/c27-21-11-9-20(10-12-21)24-15-17-25(18-16-24)22(19-7-3-1-4-8-19)23(28)26-13-5-2-6-14-26/h1,3-4,7-12,22,27H,2,5-6,13-18H2/t22-/m0/s1. The van der Waals surface area contributed by atoms with E-state index in [9.17, 15) is 9.90 Å². The zero-order chi connectivity index (χ0) is 19.3. The Kier molecular flexibility index (Phi) is 5.81. The first-order chi connectivity index (χ1) is 13.7.